The Morgan fingerprint density at radius 2 is 1.59 bits per heavy atom. The van der Waals surface area contributed by atoms with Crippen LogP contribution in [0.4, 0.5) is 4.39 Å². The lowest BCUT2D eigenvalue weighted by atomic mass is 10.00. The zero-order valence-electron chi connectivity index (χ0n) is 9.24. The number of benzene rings is 2. The third kappa shape index (κ3) is 3.29. The van der Waals surface area contributed by atoms with Gasteiger partial charge in [-0.3, -0.25) is 0 Å². The van der Waals surface area contributed by atoms with Crippen LogP contribution in [0.2, 0.25) is 5.02 Å². The SMILES string of the molecule is NC(Cc1ccc(F)cc1)c1ccc(Cl)cc1. The molecular formula is C14H13ClFN. The van der Waals surface area contributed by atoms with Gasteiger partial charge in [-0.05, 0) is 41.8 Å². The van der Waals surface area contributed by atoms with Crippen molar-refractivity contribution in [3.8, 4) is 0 Å². The van der Waals surface area contributed by atoms with Gasteiger partial charge in [-0.2, -0.15) is 0 Å². The highest BCUT2D eigenvalue weighted by molar-refractivity contribution is 6.30. The van der Waals surface area contributed by atoms with E-state index >= 15 is 0 Å². The molecule has 0 spiro atoms. The summed E-state index contributed by atoms with van der Waals surface area (Å²) in [6, 6.07) is 13.8. The molecule has 3 heteroatoms. The minimum absolute atomic E-state index is 0.0993. The topological polar surface area (TPSA) is 26.0 Å². The van der Waals surface area contributed by atoms with E-state index < -0.39 is 0 Å². The summed E-state index contributed by atoms with van der Waals surface area (Å²) in [6.07, 6.45) is 0.682. The Kier molecular flexibility index (Phi) is 3.77. The summed E-state index contributed by atoms with van der Waals surface area (Å²) >= 11 is 5.81. The Balaban J connectivity index is 2.08. The average molecular weight is 250 g/mol. The summed E-state index contributed by atoms with van der Waals surface area (Å²) in [5.41, 5.74) is 8.13. The van der Waals surface area contributed by atoms with Crippen molar-refractivity contribution in [2.24, 2.45) is 5.73 Å². The van der Waals surface area contributed by atoms with Gasteiger partial charge in [0.05, 0.1) is 0 Å². The van der Waals surface area contributed by atoms with Crippen LogP contribution in [-0.4, -0.2) is 0 Å². The molecule has 2 rings (SSSR count). The summed E-state index contributed by atoms with van der Waals surface area (Å²) in [6.45, 7) is 0. The number of rotatable bonds is 3. The van der Waals surface area contributed by atoms with Crippen molar-refractivity contribution >= 4 is 11.6 Å². The van der Waals surface area contributed by atoms with E-state index in [1.165, 1.54) is 12.1 Å². The first-order chi connectivity index (χ1) is 8.15. The largest absolute Gasteiger partial charge is 0.324 e. The number of hydrogen-bond donors (Lipinski definition) is 1. The molecule has 0 aromatic heterocycles. The maximum atomic E-state index is 12.7. The van der Waals surface area contributed by atoms with Gasteiger partial charge in [0.15, 0.2) is 0 Å². The summed E-state index contributed by atoms with van der Waals surface area (Å²) in [5.74, 6) is -0.228. The molecule has 0 amide bonds. The number of hydrogen-bond acceptors (Lipinski definition) is 1. The van der Waals surface area contributed by atoms with Gasteiger partial charge in [0, 0.05) is 11.1 Å². The van der Waals surface area contributed by atoms with E-state index in [-0.39, 0.29) is 11.9 Å². The molecule has 1 atom stereocenters. The van der Waals surface area contributed by atoms with Crippen molar-refractivity contribution in [2.75, 3.05) is 0 Å². The Morgan fingerprint density at radius 3 is 2.18 bits per heavy atom. The summed E-state index contributed by atoms with van der Waals surface area (Å²) in [5, 5.41) is 0.697. The molecule has 0 heterocycles. The Bertz CT molecular complexity index is 479. The van der Waals surface area contributed by atoms with Crippen LogP contribution >= 0.6 is 11.6 Å². The molecule has 0 fully saturated rings. The molecule has 0 saturated heterocycles. The van der Waals surface area contributed by atoms with Gasteiger partial charge in [0.1, 0.15) is 5.82 Å². The zero-order chi connectivity index (χ0) is 12.3. The highest BCUT2D eigenvalue weighted by Gasteiger charge is 2.07. The van der Waals surface area contributed by atoms with E-state index in [0.29, 0.717) is 11.4 Å². The van der Waals surface area contributed by atoms with Crippen molar-refractivity contribution in [3.63, 3.8) is 0 Å². The molecular weight excluding hydrogens is 237 g/mol. The monoisotopic (exact) mass is 249 g/mol. The van der Waals surface area contributed by atoms with Gasteiger partial charge in [0.2, 0.25) is 0 Å². The summed E-state index contributed by atoms with van der Waals surface area (Å²) in [4.78, 5) is 0. The summed E-state index contributed by atoms with van der Waals surface area (Å²) in [7, 11) is 0. The van der Waals surface area contributed by atoms with Gasteiger partial charge in [-0.1, -0.05) is 35.9 Å². The third-order valence-corrected chi connectivity index (χ3v) is 2.92. The fourth-order valence-electron chi connectivity index (χ4n) is 1.70. The highest BCUT2D eigenvalue weighted by Crippen LogP contribution is 2.18. The molecule has 2 aromatic carbocycles. The first kappa shape index (κ1) is 12.1. The first-order valence-corrected chi connectivity index (χ1v) is 5.78. The lowest BCUT2D eigenvalue weighted by Crippen LogP contribution is -2.13. The molecule has 2 aromatic rings. The van der Waals surface area contributed by atoms with Gasteiger partial charge in [0.25, 0.3) is 0 Å². The molecule has 2 N–H and O–H groups in total. The first-order valence-electron chi connectivity index (χ1n) is 5.40. The second-order valence-electron chi connectivity index (χ2n) is 3.99. The Hall–Kier alpha value is -1.38. The van der Waals surface area contributed by atoms with Gasteiger partial charge in [-0.15, -0.1) is 0 Å². The maximum absolute atomic E-state index is 12.7. The summed E-state index contributed by atoms with van der Waals surface area (Å²) < 4.78 is 12.7. The van der Waals surface area contributed by atoms with Gasteiger partial charge in [-0.25, -0.2) is 4.39 Å². The van der Waals surface area contributed by atoms with Crippen LogP contribution in [0.5, 0.6) is 0 Å². The molecule has 1 nitrogen and oxygen atoms in total. The van der Waals surface area contributed by atoms with Crippen molar-refractivity contribution in [3.05, 3.63) is 70.5 Å². The maximum Gasteiger partial charge on any atom is 0.123 e. The van der Waals surface area contributed by atoms with E-state index in [1.54, 1.807) is 12.1 Å². The standard InChI is InChI=1S/C14H13ClFN/c15-12-5-3-11(4-6-12)14(17)9-10-1-7-13(16)8-2-10/h1-8,14H,9,17H2. The second-order valence-corrected chi connectivity index (χ2v) is 4.43. The second kappa shape index (κ2) is 5.30. The van der Waals surface area contributed by atoms with E-state index in [9.17, 15) is 4.39 Å². The number of nitrogens with two attached hydrogens (primary N) is 1. The van der Waals surface area contributed by atoms with Crippen LogP contribution in [0.3, 0.4) is 0 Å². The fourth-order valence-corrected chi connectivity index (χ4v) is 1.83. The zero-order valence-corrected chi connectivity index (χ0v) is 9.99. The van der Waals surface area contributed by atoms with E-state index in [2.05, 4.69) is 0 Å². The van der Waals surface area contributed by atoms with Crippen molar-refractivity contribution < 1.29 is 4.39 Å². The minimum atomic E-state index is -0.228. The van der Waals surface area contributed by atoms with Crippen LogP contribution in [0.1, 0.15) is 17.2 Å². The predicted octanol–water partition coefficient (Wildman–Crippen LogP) is 3.72. The lowest BCUT2D eigenvalue weighted by molar-refractivity contribution is 0.625. The van der Waals surface area contributed by atoms with E-state index in [4.69, 9.17) is 17.3 Å². The molecule has 0 saturated carbocycles. The van der Waals surface area contributed by atoms with Gasteiger partial charge < -0.3 is 5.73 Å². The van der Waals surface area contributed by atoms with Crippen molar-refractivity contribution in [1.82, 2.24) is 0 Å². The van der Waals surface area contributed by atoms with Crippen molar-refractivity contribution in [2.45, 2.75) is 12.5 Å². The van der Waals surface area contributed by atoms with Crippen LogP contribution in [0.15, 0.2) is 48.5 Å². The molecule has 0 aliphatic carbocycles. The van der Waals surface area contributed by atoms with E-state index in [0.717, 1.165) is 11.1 Å². The third-order valence-electron chi connectivity index (χ3n) is 2.67. The van der Waals surface area contributed by atoms with Crippen molar-refractivity contribution in [1.29, 1.82) is 0 Å². The molecule has 0 bridgehead atoms. The quantitative estimate of drug-likeness (QED) is 0.882. The average Bonchev–Trinajstić information content (AvgIpc) is 2.33. The fraction of sp³-hybridized carbons (Fsp3) is 0.143. The molecule has 1 unspecified atom stereocenters. The van der Waals surface area contributed by atoms with Gasteiger partial charge >= 0.3 is 0 Å². The number of halogens is 2. The highest BCUT2D eigenvalue weighted by atomic mass is 35.5. The van der Waals surface area contributed by atoms with Crippen LogP contribution in [0, 0.1) is 5.82 Å². The lowest BCUT2D eigenvalue weighted by Gasteiger charge is -2.12. The molecule has 0 aliphatic heterocycles. The van der Waals surface area contributed by atoms with Crippen LogP contribution < -0.4 is 5.73 Å². The van der Waals surface area contributed by atoms with Crippen LogP contribution in [0.25, 0.3) is 0 Å². The van der Waals surface area contributed by atoms with E-state index in [1.807, 2.05) is 24.3 Å². The Morgan fingerprint density at radius 1 is 1.00 bits per heavy atom. The van der Waals surface area contributed by atoms with Crippen LogP contribution in [-0.2, 0) is 6.42 Å². The minimum Gasteiger partial charge on any atom is -0.324 e. The smallest absolute Gasteiger partial charge is 0.123 e. The normalized spacial score (nSPS) is 12.4. The molecule has 17 heavy (non-hydrogen) atoms. The predicted molar refractivity (Wildman–Crippen MR) is 68.5 cm³/mol. The molecule has 0 aliphatic rings. The molecule has 88 valence electrons. The molecule has 0 radical (unpaired) electrons. The Labute approximate surface area is 105 Å².